The van der Waals surface area contributed by atoms with E-state index in [0.29, 0.717) is 22.8 Å². The molecule has 0 saturated carbocycles. The predicted molar refractivity (Wildman–Crippen MR) is 96.8 cm³/mol. The normalized spacial score (nSPS) is 20.6. The van der Waals surface area contributed by atoms with Crippen molar-refractivity contribution in [1.29, 1.82) is 0 Å². The Morgan fingerprint density at radius 3 is 2.81 bits per heavy atom. The van der Waals surface area contributed by atoms with Crippen LogP contribution in [0.4, 0.5) is 11.7 Å². The number of hydrogen-bond acceptors (Lipinski definition) is 7. The maximum absolute atomic E-state index is 12.2. The number of hydrogen-bond donors (Lipinski definition) is 1. The van der Waals surface area contributed by atoms with Crippen LogP contribution in [0.5, 0.6) is 0 Å². The largest absolute Gasteiger partial charge is 0.465 e. The Labute approximate surface area is 155 Å². The molecule has 0 aliphatic carbocycles. The minimum atomic E-state index is -0.397. The molecule has 1 spiro atoms. The summed E-state index contributed by atoms with van der Waals surface area (Å²) in [6, 6.07) is 6.01. The van der Waals surface area contributed by atoms with Crippen LogP contribution in [0, 0.1) is 0 Å². The number of fused-ring (bicyclic) bond motifs is 1. The molecule has 3 aliphatic rings. The van der Waals surface area contributed by atoms with E-state index in [1.165, 1.54) is 18.8 Å². The molecule has 27 heavy (non-hydrogen) atoms. The summed E-state index contributed by atoms with van der Waals surface area (Å²) in [5, 5.41) is 2.77. The first kappa shape index (κ1) is 16.2. The molecule has 8 heteroatoms. The van der Waals surface area contributed by atoms with Gasteiger partial charge in [0, 0.05) is 25.4 Å². The lowest BCUT2D eigenvalue weighted by molar-refractivity contribution is -0.115. The highest BCUT2D eigenvalue weighted by atomic mass is 16.5. The van der Waals surface area contributed by atoms with Crippen molar-refractivity contribution in [2.75, 3.05) is 30.0 Å². The molecule has 1 amide bonds. The SMILES string of the molecule is O=C(Nc1ccc2oc(N3CCC34CCOCC4)nc2c1)C1=COC=CO1. The minimum Gasteiger partial charge on any atom is -0.465 e. The van der Waals surface area contributed by atoms with Gasteiger partial charge in [0.05, 0.1) is 5.54 Å². The van der Waals surface area contributed by atoms with E-state index in [-0.39, 0.29) is 11.3 Å². The summed E-state index contributed by atoms with van der Waals surface area (Å²) >= 11 is 0. The number of carbonyl (C=O) groups is 1. The van der Waals surface area contributed by atoms with Crippen LogP contribution in [0.2, 0.25) is 0 Å². The summed E-state index contributed by atoms with van der Waals surface area (Å²) in [7, 11) is 0. The number of aromatic nitrogens is 1. The van der Waals surface area contributed by atoms with E-state index >= 15 is 0 Å². The van der Waals surface area contributed by atoms with Crippen molar-refractivity contribution in [3.63, 3.8) is 0 Å². The summed E-state index contributed by atoms with van der Waals surface area (Å²) in [4.78, 5) is 19.1. The molecule has 3 aliphatic heterocycles. The molecular formula is C19H19N3O5. The maximum Gasteiger partial charge on any atom is 0.298 e. The van der Waals surface area contributed by atoms with Crippen molar-refractivity contribution in [2.24, 2.45) is 0 Å². The van der Waals surface area contributed by atoms with Crippen molar-refractivity contribution in [3.8, 4) is 0 Å². The van der Waals surface area contributed by atoms with Gasteiger partial charge in [-0.1, -0.05) is 0 Å². The first-order valence-corrected chi connectivity index (χ1v) is 8.98. The molecule has 0 radical (unpaired) electrons. The molecule has 2 fully saturated rings. The lowest BCUT2D eigenvalue weighted by atomic mass is 9.78. The average molecular weight is 369 g/mol. The number of carbonyl (C=O) groups excluding carboxylic acids is 1. The fourth-order valence-electron chi connectivity index (χ4n) is 3.78. The summed E-state index contributed by atoms with van der Waals surface area (Å²) in [6.45, 7) is 2.50. The third-order valence-electron chi connectivity index (χ3n) is 5.39. The number of ether oxygens (including phenoxy) is 3. The second-order valence-electron chi connectivity index (χ2n) is 6.88. The van der Waals surface area contributed by atoms with Gasteiger partial charge in [0.2, 0.25) is 5.76 Å². The van der Waals surface area contributed by atoms with E-state index in [1.54, 1.807) is 12.1 Å². The van der Waals surface area contributed by atoms with Gasteiger partial charge in [-0.2, -0.15) is 4.98 Å². The van der Waals surface area contributed by atoms with Gasteiger partial charge >= 0.3 is 0 Å². The second kappa shape index (κ2) is 6.31. The molecule has 0 atom stereocenters. The average Bonchev–Trinajstić information content (AvgIpc) is 3.10. The molecule has 0 bridgehead atoms. The molecule has 140 valence electrons. The van der Waals surface area contributed by atoms with Crippen LogP contribution >= 0.6 is 0 Å². The van der Waals surface area contributed by atoms with Gasteiger partial charge in [-0.25, -0.2) is 0 Å². The smallest absolute Gasteiger partial charge is 0.298 e. The Hall–Kier alpha value is -3.00. The zero-order valence-corrected chi connectivity index (χ0v) is 14.6. The fraction of sp³-hybridized carbons (Fsp3) is 0.368. The molecule has 0 unspecified atom stereocenters. The van der Waals surface area contributed by atoms with Gasteiger partial charge in [-0.3, -0.25) is 4.79 Å². The number of amides is 1. The molecule has 8 nitrogen and oxygen atoms in total. The standard InChI is InChI=1S/C19H19N3O5/c23-17(16-12-25-9-10-26-16)20-13-1-2-15-14(11-13)21-18(27-15)22-6-3-19(22)4-7-24-8-5-19/h1-2,9-12H,3-8H2,(H,20,23). The lowest BCUT2D eigenvalue weighted by Gasteiger charge is -2.53. The highest BCUT2D eigenvalue weighted by molar-refractivity contribution is 6.03. The zero-order chi connectivity index (χ0) is 18.3. The molecule has 4 heterocycles. The van der Waals surface area contributed by atoms with Crippen LogP contribution in [-0.4, -0.2) is 36.2 Å². The predicted octanol–water partition coefficient (Wildman–Crippen LogP) is 2.89. The summed E-state index contributed by atoms with van der Waals surface area (Å²) < 4.78 is 21.5. The van der Waals surface area contributed by atoms with Gasteiger partial charge in [-0.15, -0.1) is 0 Å². The summed E-state index contributed by atoms with van der Waals surface area (Å²) in [5.74, 6) is -0.313. The van der Waals surface area contributed by atoms with Crippen molar-refractivity contribution >= 4 is 28.7 Å². The fourth-order valence-corrected chi connectivity index (χ4v) is 3.78. The Kier molecular flexibility index (Phi) is 3.78. The molecule has 1 N–H and O–H groups in total. The number of anilines is 2. The van der Waals surface area contributed by atoms with E-state index in [2.05, 4.69) is 15.2 Å². The van der Waals surface area contributed by atoms with E-state index in [1.807, 2.05) is 6.07 Å². The van der Waals surface area contributed by atoms with E-state index in [0.717, 1.165) is 39.0 Å². The highest BCUT2D eigenvalue weighted by Crippen LogP contribution is 2.43. The van der Waals surface area contributed by atoms with Crippen molar-refractivity contribution in [3.05, 3.63) is 42.7 Å². The minimum absolute atomic E-state index is 0.0838. The first-order valence-electron chi connectivity index (χ1n) is 8.98. The van der Waals surface area contributed by atoms with Crippen LogP contribution in [0.1, 0.15) is 19.3 Å². The molecular weight excluding hydrogens is 350 g/mol. The summed E-state index contributed by atoms with van der Waals surface area (Å²) in [6.07, 6.45) is 7.04. The van der Waals surface area contributed by atoms with Crippen molar-refractivity contribution < 1.29 is 23.4 Å². The lowest BCUT2D eigenvalue weighted by Crippen LogP contribution is -2.62. The number of rotatable bonds is 3. The zero-order valence-electron chi connectivity index (χ0n) is 14.6. The molecule has 1 aromatic heterocycles. The van der Waals surface area contributed by atoms with Crippen LogP contribution < -0.4 is 10.2 Å². The van der Waals surface area contributed by atoms with Gasteiger partial charge in [0.15, 0.2) is 5.58 Å². The number of oxazole rings is 1. The Morgan fingerprint density at radius 2 is 2.07 bits per heavy atom. The number of benzene rings is 1. The molecule has 5 rings (SSSR count). The molecule has 2 aromatic rings. The monoisotopic (exact) mass is 369 g/mol. The van der Waals surface area contributed by atoms with Crippen molar-refractivity contribution in [1.82, 2.24) is 4.98 Å². The molecule has 2 saturated heterocycles. The second-order valence-corrected chi connectivity index (χ2v) is 6.88. The quantitative estimate of drug-likeness (QED) is 0.890. The van der Waals surface area contributed by atoms with Gasteiger partial charge in [-0.05, 0) is 37.5 Å². The van der Waals surface area contributed by atoms with Crippen LogP contribution in [-0.2, 0) is 19.0 Å². The van der Waals surface area contributed by atoms with Gasteiger partial charge in [0.1, 0.15) is 24.3 Å². The first-order chi connectivity index (χ1) is 13.2. The van der Waals surface area contributed by atoms with Crippen LogP contribution in [0.3, 0.4) is 0 Å². The molecule has 1 aromatic carbocycles. The maximum atomic E-state index is 12.2. The summed E-state index contributed by atoms with van der Waals surface area (Å²) in [5.41, 5.74) is 2.12. The van der Waals surface area contributed by atoms with Crippen LogP contribution in [0.25, 0.3) is 11.1 Å². The van der Waals surface area contributed by atoms with Gasteiger partial charge in [0.25, 0.3) is 11.9 Å². The topological polar surface area (TPSA) is 86.1 Å². The van der Waals surface area contributed by atoms with E-state index in [4.69, 9.17) is 18.6 Å². The third kappa shape index (κ3) is 2.82. The number of nitrogens with zero attached hydrogens (tertiary/aromatic N) is 2. The Balaban J connectivity index is 1.36. The van der Waals surface area contributed by atoms with Crippen molar-refractivity contribution in [2.45, 2.75) is 24.8 Å². The van der Waals surface area contributed by atoms with E-state index in [9.17, 15) is 4.79 Å². The van der Waals surface area contributed by atoms with Gasteiger partial charge < -0.3 is 28.8 Å². The highest BCUT2D eigenvalue weighted by Gasteiger charge is 2.47. The Bertz CT molecular complexity index is 942. The van der Waals surface area contributed by atoms with Crippen LogP contribution in [0.15, 0.2) is 47.2 Å². The van der Waals surface area contributed by atoms with E-state index < -0.39 is 5.91 Å². The Morgan fingerprint density at radius 1 is 1.19 bits per heavy atom. The number of nitrogens with one attached hydrogen (secondary N) is 1. The third-order valence-corrected chi connectivity index (χ3v) is 5.39.